The number of unbranched alkanes of at least 4 members (excludes halogenated alkanes) is 1. The highest BCUT2D eigenvalue weighted by atomic mass is 16.6. The summed E-state index contributed by atoms with van der Waals surface area (Å²) in [6.07, 6.45) is 2.71. The second kappa shape index (κ2) is 11.7. The molecule has 29 heavy (non-hydrogen) atoms. The number of benzene rings is 1. The quantitative estimate of drug-likeness (QED) is 0.498. The number of carbonyl (C=O) groups excluding carboxylic acids is 1. The summed E-state index contributed by atoms with van der Waals surface area (Å²) in [7, 11) is 6.55. The Kier molecular flexibility index (Phi) is 9.95. The second-order valence-electron chi connectivity index (χ2n) is 8.37. The Morgan fingerprint density at radius 1 is 1.10 bits per heavy atom. The van der Waals surface area contributed by atoms with Crippen molar-refractivity contribution in [1.82, 2.24) is 4.90 Å². The van der Waals surface area contributed by atoms with E-state index in [1.165, 1.54) is 0 Å². The Hall–Kier alpha value is -2.28. The van der Waals surface area contributed by atoms with Gasteiger partial charge in [-0.15, -0.1) is 0 Å². The Morgan fingerprint density at radius 2 is 1.72 bits per heavy atom. The minimum atomic E-state index is -0.788. The molecule has 1 amide bonds. The van der Waals surface area contributed by atoms with Crippen LogP contribution in [0, 0.1) is 5.92 Å². The molecule has 0 bridgehead atoms. The molecule has 1 aliphatic heterocycles. The predicted octanol–water partition coefficient (Wildman–Crippen LogP) is 3.62. The maximum Gasteiger partial charge on any atom is 0.410 e. The first-order valence-corrected chi connectivity index (χ1v) is 9.91. The fourth-order valence-electron chi connectivity index (χ4n) is 3.11. The lowest BCUT2D eigenvalue weighted by Gasteiger charge is -2.29. The van der Waals surface area contributed by atoms with E-state index in [1.807, 2.05) is 24.3 Å². The Morgan fingerprint density at radius 3 is 2.28 bits per heavy atom. The van der Waals surface area contributed by atoms with Crippen LogP contribution in [0.2, 0.25) is 0 Å². The number of carbonyl (C=O) groups is 2. The van der Waals surface area contributed by atoms with Gasteiger partial charge in [0.1, 0.15) is 12.4 Å². The van der Waals surface area contributed by atoms with Gasteiger partial charge in [0.25, 0.3) is 0 Å². The number of quaternary nitrogens is 1. The summed E-state index contributed by atoms with van der Waals surface area (Å²) >= 11 is 0. The Balaban J connectivity index is 0.00000420. The summed E-state index contributed by atoms with van der Waals surface area (Å²) < 4.78 is 12.1. The molecule has 0 saturated carbocycles. The van der Waals surface area contributed by atoms with Gasteiger partial charge in [-0.2, -0.15) is 0 Å². The molecule has 0 aliphatic carbocycles. The van der Waals surface area contributed by atoms with Gasteiger partial charge in [-0.3, -0.25) is 4.79 Å². The minimum absolute atomic E-state index is 0. The molecule has 0 atom stereocenters. The number of aliphatic carboxylic acids is 1. The van der Waals surface area contributed by atoms with Gasteiger partial charge in [-0.05, 0) is 43.4 Å². The molecule has 1 N–H and O–H groups in total. The molecule has 1 saturated heterocycles. The zero-order valence-corrected chi connectivity index (χ0v) is 17.2. The van der Waals surface area contributed by atoms with Crippen molar-refractivity contribution in [3.8, 4) is 5.75 Å². The number of ether oxygens (including phenoxy) is 2. The van der Waals surface area contributed by atoms with Crippen LogP contribution in [0.15, 0.2) is 24.3 Å². The second-order valence-corrected chi connectivity index (χ2v) is 8.37. The van der Waals surface area contributed by atoms with Crippen molar-refractivity contribution in [3.05, 3.63) is 29.8 Å². The van der Waals surface area contributed by atoms with E-state index in [0.717, 1.165) is 35.2 Å². The van der Waals surface area contributed by atoms with Crippen LogP contribution in [-0.4, -0.2) is 73.9 Å². The standard InChI is InChI=1S/C21H32N2O5.CH4/c1-23(2,3)14-4-5-15-27-19-8-6-17(7-9-19)16-28-21(26)22-12-10-18(11-13-22)20(24)25;/h6-9,18H,4-5,10-16H2,1-3H3;1H4/p+1. The van der Waals surface area contributed by atoms with Gasteiger partial charge in [-0.25, -0.2) is 4.79 Å². The van der Waals surface area contributed by atoms with E-state index in [0.29, 0.717) is 32.5 Å². The monoisotopic (exact) mass is 409 g/mol. The maximum atomic E-state index is 12.1. The summed E-state index contributed by atoms with van der Waals surface area (Å²) in [5, 5.41) is 9.00. The highest BCUT2D eigenvalue weighted by molar-refractivity contribution is 5.71. The number of likely N-dealkylation sites (tertiary alicyclic amines) is 1. The molecule has 164 valence electrons. The molecule has 7 heteroatoms. The van der Waals surface area contributed by atoms with Gasteiger partial charge < -0.3 is 24.0 Å². The average molecular weight is 410 g/mol. The van der Waals surface area contributed by atoms with Crippen LogP contribution in [0.5, 0.6) is 5.75 Å². The molecule has 0 spiro atoms. The van der Waals surface area contributed by atoms with Crippen molar-refractivity contribution in [2.24, 2.45) is 5.92 Å². The van der Waals surface area contributed by atoms with E-state index >= 15 is 0 Å². The van der Waals surface area contributed by atoms with Crippen molar-refractivity contribution in [1.29, 1.82) is 0 Å². The zero-order chi connectivity index (χ0) is 20.6. The highest BCUT2D eigenvalue weighted by Crippen LogP contribution is 2.19. The lowest BCUT2D eigenvalue weighted by atomic mass is 9.97. The van der Waals surface area contributed by atoms with Gasteiger partial charge in [-0.1, -0.05) is 19.6 Å². The third-order valence-electron chi connectivity index (χ3n) is 4.88. The summed E-state index contributed by atoms with van der Waals surface area (Å²) in [4.78, 5) is 24.7. The van der Waals surface area contributed by atoms with Gasteiger partial charge >= 0.3 is 12.1 Å². The largest absolute Gasteiger partial charge is 0.494 e. The number of carboxylic acid groups (broad SMARTS) is 1. The fourth-order valence-corrected chi connectivity index (χ4v) is 3.11. The van der Waals surface area contributed by atoms with E-state index < -0.39 is 5.97 Å². The van der Waals surface area contributed by atoms with Crippen molar-refractivity contribution in [2.75, 3.05) is 47.4 Å². The first kappa shape index (κ1) is 24.8. The number of carboxylic acids is 1. The smallest absolute Gasteiger partial charge is 0.410 e. The van der Waals surface area contributed by atoms with Crippen LogP contribution in [0.1, 0.15) is 38.7 Å². The van der Waals surface area contributed by atoms with E-state index in [9.17, 15) is 9.59 Å². The lowest BCUT2D eigenvalue weighted by Crippen LogP contribution is -2.40. The van der Waals surface area contributed by atoms with Crippen molar-refractivity contribution < 1.29 is 28.7 Å². The maximum absolute atomic E-state index is 12.1. The number of nitrogens with zero attached hydrogens (tertiary/aromatic N) is 2. The van der Waals surface area contributed by atoms with E-state index in [2.05, 4.69) is 21.1 Å². The topological polar surface area (TPSA) is 76.1 Å². The molecule has 1 aromatic carbocycles. The highest BCUT2D eigenvalue weighted by Gasteiger charge is 2.27. The molecule has 2 rings (SSSR count). The van der Waals surface area contributed by atoms with E-state index in [-0.39, 0.29) is 26.0 Å². The molecule has 7 nitrogen and oxygen atoms in total. The summed E-state index contributed by atoms with van der Waals surface area (Å²) in [5.74, 6) is -0.330. The number of amides is 1. The molecule has 1 fully saturated rings. The van der Waals surface area contributed by atoms with Crippen molar-refractivity contribution >= 4 is 12.1 Å². The number of hydrogen-bond donors (Lipinski definition) is 1. The number of piperidine rings is 1. The fraction of sp³-hybridized carbons (Fsp3) is 0.636. The predicted molar refractivity (Wildman–Crippen MR) is 113 cm³/mol. The molecule has 0 aromatic heterocycles. The van der Waals surface area contributed by atoms with Crippen LogP contribution < -0.4 is 4.74 Å². The molecular formula is C22H37N2O5+. The lowest BCUT2D eigenvalue weighted by molar-refractivity contribution is -0.870. The van der Waals surface area contributed by atoms with Crippen LogP contribution in [-0.2, 0) is 16.1 Å². The first-order chi connectivity index (χ1) is 13.2. The molecule has 0 unspecified atom stereocenters. The van der Waals surface area contributed by atoms with Crippen LogP contribution in [0.4, 0.5) is 4.79 Å². The van der Waals surface area contributed by atoms with Gasteiger partial charge in [0.15, 0.2) is 0 Å². The van der Waals surface area contributed by atoms with Crippen LogP contribution in [0.3, 0.4) is 0 Å². The first-order valence-electron chi connectivity index (χ1n) is 9.91. The average Bonchev–Trinajstić information content (AvgIpc) is 2.66. The molecular weight excluding hydrogens is 372 g/mol. The van der Waals surface area contributed by atoms with Crippen LogP contribution in [0.25, 0.3) is 0 Å². The number of hydrogen-bond acceptors (Lipinski definition) is 4. The SMILES string of the molecule is C.C[N+](C)(C)CCCCOc1ccc(COC(=O)N2CCC(C(=O)O)CC2)cc1. The van der Waals surface area contributed by atoms with Gasteiger partial charge in [0.05, 0.1) is 40.2 Å². The minimum Gasteiger partial charge on any atom is -0.494 e. The zero-order valence-electron chi connectivity index (χ0n) is 17.2. The summed E-state index contributed by atoms with van der Waals surface area (Å²) in [5.41, 5.74) is 0.895. The van der Waals surface area contributed by atoms with Gasteiger partial charge in [0.2, 0.25) is 0 Å². The summed E-state index contributed by atoms with van der Waals surface area (Å²) in [6, 6.07) is 7.57. The Labute approximate surface area is 174 Å². The van der Waals surface area contributed by atoms with Gasteiger partial charge in [0, 0.05) is 13.1 Å². The molecule has 1 aromatic rings. The van der Waals surface area contributed by atoms with Crippen molar-refractivity contribution in [2.45, 2.75) is 39.7 Å². The molecule has 1 aliphatic rings. The third-order valence-corrected chi connectivity index (χ3v) is 4.88. The normalized spacial score (nSPS) is 14.8. The van der Waals surface area contributed by atoms with E-state index in [4.69, 9.17) is 14.6 Å². The Bertz CT molecular complexity index is 632. The summed E-state index contributed by atoms with van der Waals surface area (Å²) in [6.45, 7) is 2.87. The van der Waals surface area contributed by atoms with Crippen molar-refractivity contribution in [3.63, 3.8) is 0 Å². The van der Waals surface area contributed by atoms with E-state index in [1.54, 1.807) is 4.90 Å². The number of rotatable bonds is 9. The third kappa shape index (κ3) is 9.17. The molecule has 1 heterocycles. The molecule has 0 radical (unpaired) electrons. The van der Waals surface area contributed by atoms with Crippen LogP contribution >= 0.6 is 0 Å².